The molecule has 1 aromatic rings. The van der Waals surface area contributed by atoms with Crippen LogP contribution < -0.4 is 5.32 Å². The highest BCUT2D eigenvalue weighted by Crippen LogP contribution is 2.18. The molecule has 0 spiro atoms. The largest absolute Gasteiger partial charge is 0.349 e. The molecule has 1 rings (SSSR count). The highest BCUT2D eigenvalue weighted by atomic mass is 79.9. The Morgan fingerprint density at radius 1 is 1.48 bits per heavy atom. The third-order valence-corrected chi connectivity index (χ3v) is 4.17. The van der Waals surface area contributed by atoms with Crippen LogP contribution in [0.5, 0.6) is 0 Å². The number of nitrogens with one attached hydrogen (secondary N) is 1. The zero-order valence-electron chi connectivity index (χ0n) is 12.8. The Hall–Kier alpha value is -0.650. The summed E-state index contributed by atoms with van der Waals surface area (Å²) in [5.41, 5.74) is 0.404. The summed E-state index contributed by atoms with van der Waals surface area (Å²) in [6, 6.07) is 1.80. The van der Waals surface area contributed by atoms with Gasteiger partial charge in [-0.05, 0) is 61.4 Å². The summed E-state index contributed by atoms with van der Waals surface area (Å²) in [7, 11) is 0. The predicted molar refractivity (Wildman–Crippen MR) is 90.9 cm³/mol. The fourth-order valence-electron chi connectivity index (χ4n) is 2.12. The Bertz CT molecular complexity index is 466. The summed E-state index contributed by atoms with van der Waals surface area (Å²) in [6.07, 6.45) is 3.58. The molecule has 1 heterocycles. The van der Waals surface area contributed by atoms with Gasteiger partial charge in [-0.3, -0.25) is 4.79 Å². The molecule has 6 heteroatoms. The van der Waals surface area contributed by atoms with Crippen molar-refractivity contribution in [1.29, 1.82) is 0 Å². The minimum Gasteiger partial charge on any atom is -0.349 e. The summed E-state index contributed by atoms with van der Waals surface area (Å²) in [6.45, 7) is 9.53. The molecule has 1 atom stereocenters. The second kappa shape index (κ2) is 9.38. The lowest BCUT2D eigenvalue weighted by Gasteiger charge is -2.19. The molecule has 118 valence electrons. The smallest absolute Gasteiger partial charge is 0.254 e. The maximum Gasteiger partial charge on any atom is 0.254 e. The molecule has 1 amide bonds. The van der Waals surface area contributed by atoms with E-state index in [4.69, 9.17) is 11.6 Å². The van der Waals surface area contributed by atoms with Gasteiger partial charge in [-0.25, -0.2) is 4.98 Å². The van der Waals surface area contributed by atoms with Gasteiger partial charge in [0.1, 0.15) is 5.15 Å². The number of carbonyl (C=O) groups is 1. The highest BCUT2D eigenvalue weighted by molar-refractivity contribution is 9.10. The molecular formula is C15H23BrClN3O. The van der Waals surface area contributed by atoms with Gasteiger partial charge in [-0.1, -0.05) is 25.4 Å². The standard InChI is InChI=1S/C15H23BrClN3O/c1-4-20(5-2)8-6-7-11(3)19-15(21)13-9-12(16)10-18-14(13)17/h9-11H,4-8H2,1-3H3,(H,19,21). The molecule has 0 saturated carbocycles. The molecule has 0 radical (unpaired) electrons. The molecule has 1 unspecified atom stereocenters. The van der Waals surface area contributed by atoms with Gasteiger partial charge in [-0.15, -0.1) is 0 Å². The molecule has 0 aromatic carbocycles. The number of halogens is 2. The maximum atomic E-state index is 12.2. The first-order valence-corrected chi connectivity index (χ1v) is 8.49. The van der Waals surface area contributed by atoms with Crippen LogP contribution in [0.4, 0.5) is 0 Å². The number of amides is 1. The summed E-state index contributed by atoms with van der Waals surface area (Å²) in [4.78, 5) is 18.5. The van der Waals surface area contributed by atoms with E-state index in [1.807, 2.05) is 6.92 Å². The third-order valence-electron chi connectivity index (χ3n) is 3.43. The van der Waals surface area contributed by atoms with Crippen molar-refractivity contribution in [2.24, 2.45) is 0 Å². The van der Waals surface area contributed by atoms with Gasteiger partial charge < -0.3 is 10.2 Å². The Morgan fingerprint density at radius 2 is 2.14 bits per heavy atom. The molecule has 0 aliphatic rings. The van der Waals surface area contributed by atoms with Crippen LogP contribution in [0.15, 0.2) is 16.7 Å². The minimum absolute atomic E-state index is 0.114. The first kappa shape index (κ1) is 18.4. The number of carbonyl (C=O) groups excluding carboxylic acids is 1. The average molecular weight is 377 g/mol. The molecule has 1 aromatic heterocycles. The maximum absolute atomic E-state index is 12.2. The number of pyridine rings is 1. The van der Waals surface area contributed by atoms with Crippen molar-refractivity contribution in [3.63, 3.8) is 0 Å². The second-order valence-electron chi connectivity index (χ2n) is 5.04. The summed E-state index contributed by atoms with van der Waals surface area (Å²) >= 11 is 9.26. The molecule has 0 saturated heterocycles. The molecule has 0 aliphatic heterocycles. The van der Waals surface area contributed by atoms with Crippen molar-refractivity contribution in [1.82, 2.24) is 15.2 Å². The van der Waals surface area contributed by atoms with Crippen LogP contribution in [-0.2, 0) is 0 Å². The topological polar surface area (TPSA) is 45.2 Å². The Morgan fingerprint density at radius 3 is 2.76 bits per heavy atom. The van der Waals surface area contributed by atoms with Crippen molar-refractivity contribution in [2.75, 3.05) is 19.6 Å². The average Bonchev–Trinajstić information content (AvgIpc) is 2.46. The molecule has 0 bridgehead atoms. The van der Waals surface area contributed by atoms with Gasteiger partial charge in [0.15, 0.2) is 0 Å². The van der Waals surface area contributed by atoms with Crippen molar-refractivity contribution in [2.45, 2.75) is 39.7 Å². The molecule has 1 N–H and O–H groups in total. The highest BCUT2D eigenvalue weighted by Gasteiger charge is 2.14. The zero-order valence-corrected chi connectivity index (χ0v) is 15.2. The first-order chi connectivity index (χ1) is 9.97. The Balaban J connectivity index is 2.45. The van der Waals surface area contributed by atoms with Crippen LogP contribution in [0.25, 0.3) is 0 Å². The van der Waals surface area contributed by atoms with Gasteiger partial charge in [0, 0.05) is 16.7 Å². The lowest BCUT2D eigenvalue weighted by molar-refractivity contribution is 0.0937. The normalized spacial score (nSPS) is 12.5. The van der Waals surface area contributed by atoms with Crippen molar-refractivity contribution >= 4 is 33.4 Å². The van der Waals surface area contributed by atoms with Crippen molar-refractivity contribution in [3.05, 3.63) is 27.5 Å². The van der Waals surface area contributed by atoms with Gasteiger partial charge in [-0.2, -0.15) is 0 Å². The van der Waals surface area contributed by atoms with E-state index in [1.54, 1.807) is 12.3 Å². The first-order valence-electron chi connectivity index (χ1n) is 7.32. The lowest BCUT2D eigenvalue weighted by atomic mass is 10.1. The molecule has 4 nitrogen and oxygen atoms in total. The van der Waals surface area contributed by atoms with Crippen LogP contribution >= 0.6 is 27.5 Å². The van der Waals surface area contributed by atoms with Crippen LogP contribution in [0.2, 0.25) is 5.15 Å². The predicted octanol–water partition coefficient (Wildman–Crippen LogP) is 3.74. The monoisotopic (exact) mass is 375 g/mol. The van der Waals surface area contributed by atoms with Gasteiger partial charge in [0.2, 0.25) is 0 Å². The van der Waals surface area contributed by atoms with E-state index in [0.717, 1.165) is 36.9 Å². The molecule has 0 aliphatic carbocycles. The van der Waals surface area contributed by atoms with E-state index in [0.29, 0.717) is 5.56 Å². The number of aromatic nitrogens is 1. The fraction of sp³-hybridized carbons (Fsp3) is 0.600. The lowest BCUT2D eigenvalue weighted by Crippen LogP contribution is -2.34. The van der Waals surface area contributed by atoms with Crippen LogP contribution in [0.1, 0.15) is 44.0 Å². The van der Waals surface area contributed by atoms with E-state index in [9.17, 15) is 4.79 Å². The fourth-order valence-corrected chi connectivity index (χ4v) is 2.64. The molecule has 0 fully saturated rings. The van der Waals surface area contributed by atoms with Gasteiger partial charge in [0.25, 0.3) is 5.91 Å². The van der Waals surface area contributed by atoms with E-state index in [2.05, 4.69) is 45.0 Å². The molecular weight excluding hydrogens is 354 g/mol. The zero-order chi connectivity index (χ0) is 15.8. The van der Waals surface area contributed by atoms with E-state index in [-0.39, 0.29) is 17.1 Å². The van der Waals surface area contributed by atoms with Crippen LogP contribution in [0, 0.1) is 0 Å². The number of nitrogens with zero attached hydrogens (tertiary/aromatic N) is 2. The van der Waals surface area contributed by atoms with Gasteiger partial charge in [0.05, 0.1) is 5.56 Å². The van der Waals surface area contributed by atoms with E-state index in [1.165, 1.54) is 0 Å². The quantitative estimate of drug-likeness (QED) is 0.703. The number of rotatable bonds is 8. The third kappa shape index (κ3) is 6.32. The Kier molecular flexibility index (Phi) is 8.22. The number of hydrogen-bond acceptors (Lipinski definition) is 3. The summed E-state index contributed by atoms with van der Waals surface area (Å²) in [5.74, 6) is -0.177. The van der Waals surface area contributed by atoms with E-state index < -0.39 is 0 Å². The van der Waals surface area contributed by atoms with Crippen molar-refractivity contribution < 1.29 is 4.79 Å². The van der Waals surface area contributed by atoms with E-state index >= 15 is 0 Å². The SMILES string of the molecule is CCN(CC)CCCC(C)NC(=O)c1cc(Br)cnc1Cl. The van der Waals surface area contributed by atoms with Crippen LogP contribution in [0.3, 0.4) is 0 Å². The Labute approximate surface area is 140 Å². The van der Waals surface area contributed by atoms with Crippen molar-refractivity contribution in [3.8, 4) is 0 Å². The summed E-state index contributed by atoms with van der Waals surface area (Å²) < 4.78 is 0.742. The molecule has 21 heavy (non-hydrogen) atoms. The van der Waals surface area contributed by atoms with Gasteiger partial charge >= 0.3 is 0 Å². The summed E-state index contributed by atoms with van der Waals surface area (Å²) in [5, 5.41) is 3.20. The van der Waals surface area contributed by atoms with Crippen LogP contribution in [-0.4, -0.2) is 41.5 Å². The minimum atomic E-state index is -0.177. The second-order valence-corrected chi connectivity index (χ2v) is 6.31. The number of hydrogen-bond donors (Lipinski definition) is 1.